The summed E-state index contributed by atoms with van der Waals surface area (Å²) in [4.78, 5) is 23.8. The highest BCUT2D eigenvalue weighted by molar-refractivity contribution is 6.31. The molecule has 0 spiro atoms. The number of amides is 2. The first-order chi connectivity index (χ1) is 11.9. The molecule has 2 aromatic carbocycles. The summed E-state index contributed by atoms with van der Waals surface area (Å²) in [6.45, 7) is 1.92. The second-order valence-corrected chi connectivity index (χ2v) is 5.87. The number of carbonyl (C=O) groups is 2. The average Bonchev–Trinajstić information content (AvgIpc) is 2.59. The van der Waals surface area contributed by atoms with Crippen molar-refractivity contribution in [1.29, 1.82) is 0 Å². The van der Waals surface area contributed by atoms with Crippen LogP contribution < -0.4 is 16.7 Å². The number of nitrogens with one attached hydrogen (secondary N) is 1. The van der Waals surface area contributed by atoms with E-state index in [4.69, 9.17) is 21.8 Å². The summed E-state index contributed by atoms with van der Waals surface area (Å²) < 4.78 is 5.57. The average molecular weight is 356 g/mol. The second kappa shape index (κ2) is 6.78. The first-order valence-electron chi connectivity index (χ1n) is 7.38. The van der Waals surface area contributed by atoms with Crippen molar-refractivity contribution in [2.75, 3.05) is 0 Å². The van der Waals surface area contributed by atoms with Crippen molar-refractivity contribution < 1.29 is 14.0 Å². The number of primary amides is 1. The summed E-state index contributed by atoms with van der Waals surface area (Å²) in [7, 11) is 0. The monoisotopic (exact) mass is 355 g/mol. The van der Waals surface area contributed by atoms with Gasteiger partial charge in [0.1, 0.15) is 11.1 Å². The van der Waals surface area contributed by atoms with Crippen molar-refractivity contribution >= 4 is 34.4 Å². The smallest absolute Gasteiger partial charge is 0.271 e. The van der Waals surface area contributed by atoms with E-state index in [0.29, 0.717) is 21.6 Å². The molecule has 3 rings (SSSR count). The lowest BCUT2D eigenvalue weighted by Gasteiger charge is -2.03. The number of hydrogen-bond acceptors (Lipinski definition) is 4. The summed E-state index contributed by atoms with van der Waals surface area (Å²) >= 11 is 5.93. The van der Waals surface area contributed by atoms with Crippen molar-refractivity contribution in [3.05, 3.63) is 75.8 Å². The van der Waals surface area contributed by atoms with Crippen LogP contribution in [0.2, 0.25) is 5.02 Å². The van der Waals surface area contributed by atoms with Gasteiger partial charge in [-0.15, -0.1) is 5.10 Å². The van der Waals surface area contributed by atoms with Gasteiger partial charge in [-0.2, -0.15) is 0 Å². The van der Waals surface area contributed by atoms with Crippen molar-refractivity contribution in [1.82, 2.24) is 5.43 Å². The molecule has 126 valence electrons. The first kappa shape index (κ1) is 16.7. The molecule has 3 N–H and O–H groups in total. The summed E-state index contributed by atoms with van der Waals surface area (Å²) in [6, 6.07) is 13.4. The van der Waals surface area contributed by atoms with Crippen LogP contribution in [0.3, 0.4) is 0 Å². The predicted molar refractivity (Wildman–Crippen MR) is 94.0 cm³/mol. The van der Waals surface area contributed by atoms with Gasteiger partial charge in [0, 0.05) is 16.0 Å². The fourth-order valence-corrected chi connectivity index (χ4v) is 2.41. The van der Waals surface area contributed by atoms with E-state index in [-0.39, 0.29) is 11.1 Å². The van der Waals surface area contributed by atoms with Crippen LogP contribution in [-0.4, -0.2) is 11.8 Å². The van der Waals surface area contributed by atoms with Crippen molar-refractivity contribution in [2.45, 2.75) is 6.92 Å². The maximum atomic E-state index is 12.1. The molecule has 0 aliphatic carbocycles. The predicted octanol–water partition coefficient (Wildman–Crippen LogP) is 2.74. The molecule has 6 nitrogen and oxygen atoms in total. The third-order valence-corrected chi connectivity index (χ3v) is 3.78. The normalized spacial score (nSPS) is 11.5. The van der Waals surface area contributed by atoms with Crippen LogP contribution in [0.1, 0.15) is 26.3 Å². The highest BCUT2D eigenvalue weighted by Crippen LogP contribution is 2.18. The number of nitrogens with two attached hydrogens (primary N) is 1. The van der Waals surface area contributed by atoms with Crippen LogP contribution in [-0.2, 0) is 0 Å². The number of fused-ring (bicyclic) bond motifs is 1. The molecular weight excluding hydrogens is 342 g/mol. The van der Waals surface area contributed by atoms with Gasteiger partial charge >= 0.3 is 0 Å². The van der Waals surface area contributed by atoms with Crippen LogP contribution in [0.25, 0.3) is 11.0 Å². The lowest BCUT2D eigenvalue weighted by molar-refractivity contribution is 0.0946. The molecule has 2 amide bonds. The Morgan fingerprint density at radius 3 is 2.52 bits per heavy atom. The van der Waals surface area contributed by atoms with Crippen LogP contribution in [0.4, 0.5) is 0 Å². The van der Waals surface area contributed by atoms with Gasteiger partial charge in [-0.05, 0) is 43.3 Å². The molecule has 0 unspecified atom stereocenters. The standard InChI is InChI=1S/C18H14ClN3O3/c1-10-2-4-11(5-3-10)17(24)21-22-18-14(16(20)23)9-12-8-13(19)6-7-15(12)25-18/h2-9H,1H3,(H2,20,23)(H,21,24). The van der Waals surface area contributed by atoms with E-state index in [2.05, 4.69) is 10.5 Å². The summed E-state index contributed by atoms with van der Waals surface area (Å²) in [5.74, 6) is -1.16. The maximum absolute atomic E-state index is 12.1. The fraction of sp³-hybridized carbons (Fsp3) is 0.0556. The minimum absolute atomic E-state index is 0.0407. The molecule has 3 aromatic rings. The van der Waals surface area contributed by atoms with E-state index < -0.39 is 11.8 Å². The maximum Gasteiger partial charge on any atom is 0.271 e. The largest absolute Gasteiger partial charge is 0.436 e. The highest BCUT2D eigenvalue weighted by atomic mass is 35.5. The number of nitrogens with zero attached hydrogens (tertiary/aromatic N) is 1. The Labute approximate surface area is 147 Å². The van der Waals surface area contributed by atoms with E-state index in [1.54, 1.807) is 30.3 Å². The third-order valence-electron chi connectivity index (χ3n) is 3.55. The summed E-state index contributed by atoms with van der Waals surface area (Å²) in [5.41, 5.74) is 9.62. The Morgan fingerprint density at radius 2 is 1.84 bits per heavy atom. The number of carbonyl (C=O) groups excluding carboxylic acids is 2. The lowest BCUT2D eigenvalue weighted by atomic mass is 10.1. The van der Waals surface area contributed by atoms with Gasteiger partial charge in [-0.3, -0.25) is 9.59 Å². The van der Waals surface area contributed by atoms with E-state index in [1.807, 2.05) is 19.1 Å². The number of rotatable bonds is 3. The SMILES string of the molecule is Cc1ccc(C(=O)NN=c2oc3ccc(Cl)cc3cc2C(N)=O)cc1. The molecule has 0 fully saturated rings. The molecule has 0 saturated heterocycles. The van der Waals surface area contributed by atoms with Gasteiger partial charge in [-0.1, -0.05) is 29.3 Å². The Kier molecular flexibility index (Phi) is 4.54. The summed E-state index contributed by atoms with van der Waals surface area (Å²) in [6.07, 6.45) is 0. The van der Waals surface area contributed by atoms with Crippen LogP contribution in [0.5, 0.6) is 0 Å². The molecule has 0 saturated carbocycles. The zero-order valence-electron chi connectivity index (χ0n) is 13.2. The van der Waals surface area contributed by atoms with E-state index in [9.17, 15) is 9.59 Å². The van der Waals surface area contributed by atoms with E-state index >= 15 is 0 Å². The van der Waals surface area contributed by atoms with Gasteiger partial charge in [0.2, 0.25) is 5.55 Å². The Bertz CT molecular complexity index is 1040. The van der Waals surface area contributed by atoms with Crippen LogP contribution >= 0.6 is 11.6 Å². The highest BCUT2D eigenvalue weighted by Gasteiger charge is 2.11. The van der Waals surface area contributed by atoms with Crippen molar-refractivity contribution in [3.8, 4) is 0 Å². The molecule has 0 bridgehead atoms. The molecule has 0 aliphatic rings. The van der Waals surface area contributed by atoms with Gasteiger partial charge in [0.25, 0.3) is 11.8 Å². The topological polar surface area (TPSA) is 97.7 Å². The molecular formula is C18H14ClN3O3. The number of aryl methyl sites for hydroxylation is 1. The summed E-state index contributed by atoms with van der Waals surface area (Å²) in [5, 5.41) is 5.00. The van der Waals surface area contributed by atoms with Crippen LogP contribution in [0, 0.1) is 6.92 Å². The van der Waals surface area contributed by atoms with Crippen LogP contribution in [0.15, 0.2) is 58.0 Å². The Morgan fingerprint density at radius 1 is 1.12 bits per heavy atom. The molecule has 0 radical (unpaired) electrons. The Balaban J connectivity index is 2.01. The minimum atomic E-state index is -0.728. The van der Waals surface area contributed by atoms with Crippen molar-refractivity contribution in [3.63, 3.8) is 0 Å². The van der Waals surface area contributed by atoms with Gasteiger partial charge in [0.05, 0.1) is 0 Å². The fourth-order valence-electron chi connectivity index (χ4n) is 2.23. The zero-order chi connectivity index (χ0) is 18.0. The van der Waals surface area contributed by atoms with Crippen molar-refractivity contribution in [2.24, 2.45) is 10.8 Å². The second-order valence-electron chi connectivity index (χ2n) is 5.43. The number of halogens is 1. The molecule has 0 atom stereocenters. The quantitative estimate of drug-likeness (QED) is 0.707. The minimum Gasteiger partial charge on any atom is -0.436 e. The molecule has 7 heteroatoms. The van der Waals surface area contributed by atoms with E-state index in [1.165, 1.54) is 6.07 Å². The molecule has 1 aromatic heterocycles. The van der Waals surface area contributed by atoms with Gasteiger partial charge < -0.3 is 10.2 Å². The zero-order valence-corrected chi connectivity index (χ0v) is 14.0. The van der Waals surface area contributed by atoms with Gasteiger partial charge in [0.15, 0.2) is 0 Å². The number of benzene rings is 2. The molecule has 1 heterocycles. The molecule has 25 heavy (non-hydrogen) atoms. The first-order valence-corrected chi connectivity index (χ1v) is 7.76. The van der Waals surface area contributed by atoms with E-state index in [0.717, 1.165) is 5.56 Å². The third kappa shape index (κ3) is 3.70. The number of hydrogen-bond donors (Lipinski definition) is 2. The lowest BCUT2D eigenvalue weighted by Crippen LogP contribution is -2.27. The van der Waals surface area contributed by atoms with Gasteiger partial charge in [-0.25, -0.2) is 5.43 Å². The molecule has 0 aliphatic heterocycles. The Hall–Kier alpha value is -3.12.